The zero-order valence-corrected chi connectivity index (χ0v) is 22.0. The van der Waals surface area contributed by atoms with E-state index in [-0.39, 0.29) is 35.9 Å². The van der Waals surface area contributed by atoms with Gasteiger partial charge in [-0.1, -0.05) is 18.2 Å². The summed E-state index contributed by atoms with van der Waals surface area (Å²) in [5.74, 6) is -0.256. The maximum absolute atomic E-state index is 13.0. The Bertz CT molecular complexity index is 1210. The van der Waals surface area contributed by atoms with Gasteiger partial charge >= 0.3 is 6.09 Å². The van der Waals surface area contributed by atoms with Crippen molar-refractivity contribution in [1.82, 2.24) is 10.2 Å². The summed E-state index contributed by atoms with van der Waals surface area (Å²) in [7, 11) is 0. The predicted molar refractivity (Wildman–Crippen MR) is 142 cm³/mol. The van der Waals surface area contributed by atoms with Gasteiger partial charge in [0.15, 0.2) is 0 Å². The first kappa shape index (κ1) is 26.2. The summed E-state index contributed by atoms with van der Waals surface area (Å²) in [6.45, 7) is 9.93. The van der Waals surface area contributed by atoms with Crippen LogP contribution >= 0.6 is 0 Å². The van der Waals surface area contributed by atoms with E-state index in [9.17, 15) is 19.2 Å². The number of rotatable bonds is 4. The van der Waals surface area contributed by atoms with Crippen molar-refractivity contribution in [2.45, 2.75) is 59.2 Å². The normalized spacial score (nSPS) is 19.0. The van der Waals surface area contributed by atoms with Crippen molar-refractivity contribution in [2.75, 3.05) is 29.4 Å². The van der Waals surface area contributed by atoms with Gasteiger partial charge in [-0.25, -0.2) is 4.79 Å². The van der Waals surface area contributed by atoms with Crippen molar-refractivity contribution in [1.29, 1.82) is 0 Å². The number of benzene rings is 2. The van der Waals surface area contributed by atoms with Crippen LogP contribution in [-0.2, 0) is 14.3 Å². The minimum atomic E-state index is -0.451. The summed E-state index contributed by atoms with van der Waals surface area (Å²) < 4.78 is 5.47. The molecule has 196 valence electrons. The van der Waals surface area contributed by atoms with Crippen LogP contribution in [0.15, 0.2) is 42.5 Å². The molecule has 0 bridgehead atoms. The third-order valence-electron chi connectivity index (χ3n) is 6.66. The molecule has 0 radical (unpaired) electrons. The van der Waals surface area contributed by atoms with Gasteiger partial charge in [-0.2, -0.15) is 0 Å². The van der Waals surface area contributed by atoms with Crippen LogP contribution in [0.3, 0.4) is 0 Å². The number of fused-ring (bicyclic) bond motifs is 1. The molecule has 2 heterocycles. The highest BCUT2D eigenvalue weighted by Crippen LogP contribution is 2.39. The average Bonchev–Trinajstić information content (AvgIpc) is 3.30. The van der Waals surface area contributed by atoms with Crippen LogP contribution in [0, 0.1) is 0 Å². The highest BCUT2D eigenvalue weighted by atomic mass is 16.6. The van der Waals surface area contributed by atoms with Crippen LogP contribution in [-0.4, -0.2) is 66.5 Å². The molecule has 2 atom stereocenters. The maximum Gasteiger partial charge on any atom is 0.414 e. The molecule has 2 aromatic rings. The third kappa shape index (κ3) is 5.60. The summed E-state index contributed by atoms with van der Waals surface area (Å²) in [6.07, 6.45) is 0.0199. The lowest BCUT2D eigenvalue weighted by molar-refractivity contribution is -0.119. The Balaban J connectivity index is 1.59. The fourth-order valence-corrected chi connectivity index (χ4v) is 5.06. The van der Waals surface area contributed by atoms with Gasteiger partial charge in [-0.15, -0.1) is 0 Å². The molecular weight excluding hydrogens is 472 g/mol. The summed E-state index contributed by atoms with van der Waals surface area (Å²) in [5, 5.41) is 2.87. The Hall–Kier alpha value is -3.88. The van der Waals surface area contributed by atoms with Crippen LogP contribution in [0.2, 0.25) is 0 Å². The van der Waals surface area contributed by atoms with Gasteiger partial charge in [0.25, 0.3) is 5.91 Å². The average molecular weight is 507 g/mol. The topological polar surface area (TPSA) is 99.3 Å². The van der Waals surface area contributed by atoms with Crippen molar-refractivity contribution in [3.63, 3.8) is 0 Å². The van der Waals surface area contributed by atoms with Crippen molar-refractivity contribution >= 4 is 35.2 Å². The lowest BCUT2D eigenvalue weighted by Crippen LogP contribution is -2.51. The van der Waals surface area contributed by atoms with E-state index in [2.05, 4.69) is 5.32 Å². The second kappa shape index (κ2) is 10.6. The summed E-state index contributed by atoms with van der Waals surface area (Å²) in [4.78, 5) is 54.6. The summed E-state index contributed by atoms with van der Waals surface area (Å²) >= 11 is 0. The zero-order chi connectivity index (χ0) is 26.9. The molecule has 1 fully saturated rings. The van der Waals surface area contributed by atoms with Crippen molar-refractivity contribution in [3.05, 3.63) is 48.0 Å². The van der Waals surface area contributed by atoms with E-state index in [0.29, 0.717) is 36.6 Å². The number of amides is 4. The highest BCUT2D eigenvalue weighted by Gasteiger charge is 2.35. The van der Waals surface area contributed by atoms with Crippen molar-refractivity contribution in [3.8, 4) is 11.1 Å². The predicted octanol–water partition coefficient (Wildman–Crippen LogP) is 3.81. The molecule has 2 aliphatic heterocycles. The molecule has 2 aromatic carbocycles. The monoisotopic (exact) mass is 506 g/mol. The molecule has 9 heteroatoms. The number of nitrogens with zero attached hydrogens (tertiary/aromatic N) is 3. The van der Waals surface area contributed by atoms with Crippen molar-refractivity contribution < 1.29 is 23.9 Å². The Kier molecular flexibility index (Phi) is 7.52. The molecule has 0 saturated carbocycles. The first-order chi connectivity index (χ1) is 17.5. The Morgan fingerprint density at radius 3 is 2.24 bits per heavy atom. The van der Waals surface area contributed by atoms with Crippen LogP contribution in [0.1, 0.15) is 51.4 Å². The standard InChI is InChI=1S/C28H34N4O5/c1-17(2)37-28(36)31-15-18(3)32(20(5)34)25-11-10-23(14-26(25)31)21-6-8-22(9-7-21)27(35)30-13-12-24(16-30)29-19(4)33/h6-11,14,17-18,24H,12-13,15-16H2,1-5H3,(H,29,33)/t18-,24+/m0/s1. The number of hydrogen-bond acceptors (Lipinski definition) is 5. The highest BCUT2D eigenvalue weighted by molar-refractivity contribution is 6.03. The second-order valence-corrected chi connectivity index (χ2v) is 10.00. The van der Waals surface area contributed by atoms with E-state index in [1.54, 1.807) is 40.7 Å². The minimum Gasteiger partial charge on any atom is -0.446 e. The maximum atomic E-state index is 13.0. The molecule has 2 aliphatic rings. The summed E-state index contributed by atoms with van der Waals surface area (Å²) in [5.41, 5.74) is 3.57. The van der Waals surface area contributed by atoms with Gasteiger partial charge in [0.05, 0.1) is 23.5 Å². The van der Waals surface area contributed by atoms with Crippen LogP contribution in [0.25, 0.3) is 11.1 Å². The van der Waals surface area contributed by atoms with E-state index in [4.69, 9.17) is 4.74 Å². The number of ether oxygens (including phenoxy) is 1. The lowest BCUT2D eigenvalue weighted by atomic mass is 9.99. The number of hydrogen-bond donors (Lipinski definition) is 1. The molecule has 37 heavy (non-hydrogen) atoms. The number of anilines is 2. The van der Waals surface area contributed by atoms with Crippen LogP contribution in [0.4, 0.5) is 16.2 Å². The van der Waals surface area contributed by atoms with Gasteiger partial charge in [0.1, 0.15) is 0 Å². The molecule has 1 saturated heterocycles. The number of likely N-dealkylation sites (tertiary alicyclic amines) is 1. The van der Waals surface area contributed by atoms with Gasteiger partial charge < -0.3 is 19.9 Å². The lowest BCUT2D eigenvalue weighted by Gasteiger charge is -2.40. The number of nitrogens with one attached hydrogen (secondary N) is 1. The SMILES string of the molecule is CC(=O)N[C@@H]1CCN(C(=O)c2ccc(-c3ccc4c(c3)N(C(=O)OC(C)C)C[C@H](C)N4C(C)=O)cc2)C1. The van der Waals surface area contributed by atoms with Crippen molar-refractivity contribution in [2.24, 2.45) is 0 Å². The molecule has 0 spiro atoms. The Morgan fingerprint density at radius 1 is 0.946 bits per heavy atom. The van der Waals surface area contributed by atoms with E-state index in [1.165, 1.54) is 13.8 Å². The first-order valence-corrected chi connectivity index (χ1v) is 12.6. The Morgan fingerprint density at radius 2 is 1.62 bits per heavy atom. The van der Waals surface area contributed by atoms with Gasteiger partial charge in [0.2, 0.25) is 11.8 Å². The molecule has 0 unspecified atom stereocenters. The van der Waals surface area contributed by atoms with Crippen LogP contribution in [0.5, 0.6) is 0 Å². The van der Waals surface area contributed by atoms with Gasteiger partial charge in [0, 0.05) is 45.1 Å². The number of carbonyl (C=O) groups excluding carboxylic acids is 4. The molecule has 0 aliphatic carbocycles. The quantitative estimate of drug-likeness (QED) is 0.680. The molecule has 4 amide bonds. The van der Waals surface area contributed by atoms with Gasteiger partial charge in [-0.3, -0.25) is 19.3 Å². The number of carbonyl (C=O) groups is 4. The fourth-order valence-electron chi connectivity index (χ4n) is 5.06. The minimum absolute atomic E-state index is 0.0150. The van der Waals surface area contributed by atoms with Gasteiger partial charge in [-0.05, 0) is 62.6 Å². The molecule has 0 aromatic heterocycles. The van der Waals surface area contributed by atoms with Crippen LogP contribution < -0.4 is 15.1 Å². The Labute approximate surface area is 217 Å². The zero-order valence-electron chi connectivity index (χ0n) is 22.0. The van der Waals surface area contributed by atoms with E-state index >= 15 is 0 Å². The fraction of sp³-hybridized carbons (Fsp3) is 0.429. The third-order valence-corrected chi connectivity index (χ3v) is 6.66. The molecular formula is C28H34N4O5. The smallest absolute Gasteiger partial charge is 0.414 e. The van der Waals surface area contributed by atoms with E-state index < -0.39 is 6.09 Å². The second-order valence-electron chi connectivity index (χ2n) is 10.00. The molecule has 1 N–H and O–H groups in total. The first-order valence-electron chi connectivity index (χ1n) is 12.6. The molecule has 9 nitrogen and oxygen atoms in total. The summed E-state index contributed by atoms with van der Waals surface area (Å²) in [6, 6.07) is 12.8. The van der Waals surface area contributed by atoms with E-state index in [0.717, 1.165) is 17.5 Å². The largest absolute Gasteiger partial charge is 0.446 e. The molecule has 4 rings (SSSR count). The van der Waals surface area contributed by atoms with E-state index in [1.807, 2.05) is 37.3 Å².